The molecule has 1 aliphatic rings. The highest BCUT2D eigenvalue weighted by Crippen LogP contribution is 2.41. The number of aliphatic carboxylic acids is 1. The maximum absolute atomic E-state index is 13.5. The summed E-state index contributed by atoms with van der Waals surface area (Å²) in [7, 11) is 0. The molecule has 4 rings (SSSR count). The van der Waals surface area contributed by atoms with E-state index in [0.717, 1.165) is 58.5 Å². The largest absolute Gasteiger partial charge is 0.481 e. The molecule has 1 saturated carbocycles. The Labute approximate surface area is 205 Å². The van der Waals surface area contributed by atoms with E-state index in [2.05, 4.69) is 10.3 Å². The van der Waals surface area contributed by atoms with Crippen LogP contribution in [0, 0.1) is 19.8 Å². The van der Waals surface area contributed by atoms with Crippen LogP contribution in [0.5, 0.6) is 0 Å². The number of hydrogen-bond donors (Lipinski definition) is 2. The predicted octanol–water partition coefficient (Wildman–Crippen LogP) is 6.56. The van der Waals surface area contributed by atoms with Crippen LogP contribution in [0.3, 0.4) is 0 Å². The summed E-state index contributed by atoms with van der Waals surface area (Å²) in [5.74, 6) is -0.761. The van der Waals surface area contributed by atoms with E-state index in [9.17, 15) is 9.59 Å². The van der Waals surface area contributed by atoms with E-state index in [-0.39, 0.29) is 18.2 Å². The van der Waals surface area contributed by atoms with Crippen molar-refractivity contribution in [2.75, 3.05) is 5.32 Å². The summed E-state index contributed by atoms with van der Waals surface area (Å²) < 4.78 is 0. The van der Waals surface area contributed by atoms with Crippen molar-refractivity contribution in [3.63, 3.8) is 0 Å². The first-order valence-corrected chi connectivity index (χ1v) is 12.0. The zero-order chi connectivity index (χ0) is 24.2. The summed E-state index contributed by atoms with van der Waals surface area (Å²) in [5, 5.41) is 12.8. The van der Waals surface area contributed by atoms with Crippen molar-refractivity contribution < 1.29 is 14.7 Å². The highest BCUT2D eigenvalue weighted by molar-refractivity contribution is 6.31. The quantitative estimate of drug-likeness (QED) is 0.386. The van der Waals surface area contributed by atoms with Gasteiger partial charge in [-0.15, -0.1) is 0 Å². The van der Waals surface area contributed by atoms with Gasteiger partial charge in [0, 0.05) is 23.9 Å². The molecule has 5 nitrogen and oxygen atoms in total. The van der Waals surface area contributed by atoms with Gasteiger partial charge in [0.15, 0.2) is 0 Å². The number of carboxylic acids is 1. The number of carbonyl (C=O) groups is 2. The number of amides is 1. The maximum atomic E-state index is 13.5. The third kappa shape index (κ3) is 5.31. The molecule has 3 aromatic rings. The van der Waals surface area contributed by atoms with Gasteiger partial charge in [-0.2, -0.15) is 0 Å². The monoisotopic (exact) mass is 476 g/mol. The van der Waals surface area contributed by atoms with Crippen molar-refractivity contribution in [2.45, 2.75) is 51.9 Å². The number of carbonyl (C=O) groups excluding carboxylic acids is 1. The number of aromatic nitrogens is 1. The second-order valence-corrected chi connectivity index (χ2v) is 9.46. The third-order valence-electron chi connectivity index (χ3n) is 6.84. The van der Waals surface area contributed by atoms with Gasteiger partial charge in [0.25, 0.3) is 0 Å². The second-order valence-electron chi connectivity index (χ2n) is 9.05. The van der Waals surface area contributed by atoms with Crippen LogP contribution in [0.15, 0.2) is 54.7 Å². The lowest BCUT2D eigenvalue weighted by Crippen LogP contribution is -2.31. The molecule has 1 unspecified atom stereocenters. The van der Waals surface area contributed by atoms with Gasteiger partial charge >= 0.3 is 5.97 Å². The molecule has 1 atom stereocenters. The van der Waals surface area contributed by atoms with Crippen LogP contribution in [-0.2, 0) is 16.0 Å². The number of halogens is 1. The number of rotatable bonds is 8. The number of benzene rings is 2. The van der Waals surface area contributed by atoms with E-state index in [1.54, 1.807) is 0 Å². The van der Waals surface area contributed by atoms with E-state index < -0.39 is 5.97 Å². The molecule has 2 N–H and O–H groups in total. The van der Waals surface area contributed by atoms with Crippen molar-refractivity contribution in [3.8, 4) is 11.1 Å². The summed E-state index contributed by atoms with van der Waals surface area (Å²) in [4.78, 5) is 28.8. The number of nitrogens with zero attached hydrogens (tertiary/aromatic N) is 1. The molecule has 1 aliphatic carbocycles. The van der Waals surface area contributed by atoms with Crippen LogP contribution in [0.4, 0.5) is 5.69 Å². The van der Waals surface area contributed by atoms with E-state index in [1.807, 2.05) is 68.6 Å². The second kappa shape index (κ2) is 10.4. The lowest BCUT2D eigenvalue weighted by Gasteiger charge is -2.33. The van der Waals surface area contributed by atoms with Gasteiger partial charge in [0.05, 0.1) is 16.6 Å². The van der Waals surface area contributed by atoms with Crippen LogP contribution in [-0.4, -0.2) is 22.0 Å². The van der Waals surface area contributed by atoms with Crippen molar-refractivity contribution in [1.82, 2.24) is 4.98 Å². The van der Waals surface area contributed by atoms with Gasteiger partial charge in [0.2, 0.25) is 5.91 Å². The summed E-state index contributed by atoms with van der Waals surface area (Å²) >= 11 is 6.25. The van der Waals surface area contributed by atoms with Crippen molar-refractivity contribution in [2.24, 2.45) is 5.92 Å². The minimum absolute atomic E-state index is 0.0176. The summed E-state index contributed by atoms with van der Waals surface area (Å²) in [6, 6.07) is 15.7. The molecule has 1 fully saturated rings. The molecular weight excluding hydrogens is 448 g/mol. The third-order valence-corrected chi connectivity index (χ3v) is 7.23. The summed E-state index contributed by atoms with van der Waals surface area (Å²) in [6.45, 7) is 3.81. The topological polar surface area (TPSA) is 79.3 Å². The van der Waals surface area contributed by atoms with Crippen LogP contribution in [0.25, 0.3) is 11.1 Å². The zero-order valence-electron chi connectivity index (χ0n) is 19.5. The number of pyridine rings is 1. The minimum atomic E-state index is -0.828. The fraction of sp³-hybridized carbons (Fsp3) is 0.321. The normalized spacial score (nSPS) is 14.3. The Balaban J connectivity index is 1.56. The lowest BCUT2D eigenvalue weighted by molar-refractivity contribution is -0.137. The number of nitrogens with one attached hydrogen (secondary N) is 1. The smallest absolute Gasteiger partial charge is 0.303 e. The van der Waals surface area contributed by atoms with Gasteiger partial charge in [-0.1, -0.05) is 54.4 Å². The molecule has 0 radical (unpaired) electrons. The average molecular weight is 477 g/mol. The van der Waals surface area contributed by atoms with Crippen molar-refractivity contribution in [3.05, 3.63) is 82.1 Å². The lowest BCUT2D eigenvalue weighted by atomic mass is 9.72. The molecule has 0 aliphatic heterocycles. The van der Waals surface area contributed by atoms with Crippen LogP contribution >= 0.6 is 11.6 Å². The molecule has 176 valence electrons. The van der Waals surface area contributed by atoms with E-state index in [0.29, 0.717) is 17.4 Å². The fourth-order valence-electron chi connectivity index (χ4n) is 4.50. The average Bonchev–Trinajstić information content (AvgIpc) is 2.78. The molecule has 34 heavy (non-hydrogen) atoms. The molecule has 2 aromatic carbocycles. The Hall–Kier alpha value is -3.18. The Kier molecular flexibility index (Phi) is 7.32. The minimum Gasteiger partial charge on any atom is -0.481 e. The Bertz CT molecular complexity index is 1200. The first-order chi connectivity index (χ1) is 16.3. The van der Waals surface area contributed by atoms with E-state index >= 15 is 0 Å². The zero-order valence-corrected chi connectivity index (χ0v) is 20.2. The SMILES string of the molecule is Cc1ncc(-c2ccc(C(C(=O)Nc3cccc(CCC(=O)O)c3C)C3CCC3)cc2)cc1Cl. The molecule has 1 heterocycles. The van der Waals surface area contributed by atoms with E-state index in [4.69, 9.17) is 16.7 Å². The first-order valence-electron chi connectivity index (χ1n) is 11.7. The van der Waals surface area contributed by atoms with Gasteiger partial charge in [0.1, 0.15) is 0 Å². The molecule has 1 amide bonds. The molecule has 0 saturated heterocycles. The van der Waals surface area contributed by atoms with Crippen LogP contribution in [0.1, 0.15) is 54.0 Å². The fourth-order valence-corrected chi connectivity index (χ4v) is 4.67. The van der Waals surface area contributed by atoms with Gasteiger partial charge in [-0.3, -0.25) is 14.6 Å². The number of anilines is 1. The molecule has 6 heteroatoms. The number of hydrogen-bond acceptors (Lipinski definition) is 3. The van der Waals surface area contributed by atoms with Crippen molar-refractivity contribution >= 4 is 29.2 Å². The molecular formula is C28H29ClN2O3. The van der Waals surface area contributed by atoms with E-state index in [1.165, 1.54) is 0 Å². The van der Waals surface area contributed by atoms with Gasteiger partial charge in [-0.05, 0) is 73.4 Å². The van der Waals surface area contributed by atoms with Crippen molar-refractivity contribution in [1.29, 1.82) is 0 Å². The Morgan fingerprint density at radius 3 is 2.47 bits per heavy atom. The first kappa shape index (κ1) is 24.0. The maximum Gasteiger partial charge on any atom is 0.303 e. The van der Waals surface area contributed by atoms with Gasteiger partial charge < -0.3 is 10.4 Å². The molecule has 1 aromatic heterocycles. The number of aryl methyl sites for hydroxylation is 2. The standard InChI is InChI=1S/C28H29ClN2O3/c1-17-19(13-14-26(32)33)5-4-8-25(17)31-28(34)27(21-6-3-7-21)22-11-9-20(10-12-22)23-15-24(29)18(2)30-16-23/h4-5,8-12,15-16,21,27H,3,6-7,13-14H2,1-2H3,(H,31,34)(H,32,33). The Morgan fingerprint density at radius 2 is 1.85 bits per heavy atom. The summed E-state index contributed by atoms with van der Waals surface area (Å²) in [5.41, 5.74) is 6.35. The molecule has 0 bridgehead atoms. The highest BCUT2D eigenvalue weighted by Gasteiger charge is 2.34. The number of carboxylic acid groups (broad SMARTS) is 1. The molecule has 0 spiro atoms. The van der Waals surface area contributed by atoms with Crippen LogP contribution < -0.4 is 5.32 Å². The van der Waals surface area contributed by atoms with Crippen LogP contribution in [0.2, 0.25) is 5.02 Å². The highest BCUT2D eigenvalue weighted by atomic mass is 35.5. The predicted molar refractivity (Wildman–Crippen MR) is 135 cm³/mol. The Morgan fingerprint density at radius 1 is 1.12 bits per heavy atom. The van der Waals surface area contributed by atoms with Gasteiger partial charge in [-0.25, -0.2) is 0 Å². The summed E-state index contributed by atoms with van der Waals surface area (Å²) in [6.07, 6.45) is 5.54.